The largest absolute Gasteiger partial charge is 0.294 e. The van der Waals surface area contributed by atoms with Gasteiger partial charge in [0.15, 0.2) is 5.78 Å². The van der Waals surface area contributed by atoms with E-state index >= 15 is 0 Å². The molecule has 0 aliphatic carbocycles. The number of carbonyl (C=O) groups is 1. The first kappa shape index (κ1) is 15.2. The highest BCUT2D eigenvalue weighted by Crippen LogP contribution is 2.32. The van der Waals surface area contributed by atoms with E-state index in [1.165, 1.54) is 18.2 Å². The van der Waals surface area contributed by atoms with Gasteiger partial charge in [0.25, 0.3) is 15.7 Å². The van der Waals surface area contributed by atoms with Crippen LogP contribution in [0.2, 0.25) is 0 Å². The summed E-state index contributed by atoms with van der Waals surface area (Å²) >= 11 is 0. The number of para-hydroxylation sites is 1. The number of anilines is 1. The SMILES string of the molecule is O=C1CCN(S(=O)(=O)c2cccc([N+](=O)[O-])c2)c2ccccc21. The standard InChI is InChI=1S/C15H12N2O5S/c18-15-8-9-16(14-7-2-1-6-13(14)15)23(21,22)12-5-3-4-11(10-12)17(19)20/h1-7,10H,8-9H2. The number of non-ortho nitro benzene ring substituents is 1. The Morgan fingerprint density at radius 2 is 1.83 bits per heavy atom. The van der Waals surface area contributed by atoms with E-state index in [1.807, 2.05) is 0 Å². The lowest BCUT2D eigenvalue weighted by Gasteiger charge is -2.29. The highest BCUT2D eigenvalue weighted by atomic mass is 32.2. The predicted octanol–water partition coefficient (Wildman–Crippen LogP) is 2.38. The zero-order valence-corrected chi connectivity index (χ0v) is 12.7. The van der Waals surface area contributed by atoms with Gasteiger partial charge < -0.3 is 0 Å². The van der Waals surface area contributed by atoms with Crippen molar-refractivity contribution in [1.29, 1.82) is 0 Å². The van der Waals surface area contributed by atoms with E-state index in [9.17, 15) is 23.3 Å². The minimum Gasteiger partial charge on any atom is -0.294 e. The van der Waals surface area contributed by atoms with Crippen LogP contribution in [0.3, 0.4) is 0 Å². The van der Waals surface area contributed by atoms with Gasteiger partial charge in [0.05, 0.1) is 15.5 Å². The summed E-state index contributed by atoms with van der Waals surface area (Å²) < 4.78 is 26.8. The zero-order valence-electron chi connectivity index (χ0n) is 11.9. The van der Waals surface area contributed by atoms with Gasteiger partial charge in [-0.25, -0.2) is 8.42 Å². The number of hydrogen-bond acceptors (Lipinski definition) is 5. The molecule has 0 saturated heterocycles. The number of benzene rings is 2. The quantitative estimate of drug-likeness (QED) is 0.635. The van der Waals surface area contributed by atoms with Crippen LogP contribution in [-0.4, -0.2) is 25.7 Å². The molecule has 1 aliphatic rings. The maximum absolute atomic E-state index is 12.8. The summed E-state index contributed by atoms with van der Waals surface area (Å²) in [5.41, 5.74) is 0.343. The Kier molecular flexibility index (Phi) is 3.61. The molecule has 23 heavy (non-hydrogen) atoms. The third-order valence-electron chi connectivity index (χ3n) is 3.63. The van der Waals surface area contributed by atoms with Crippen molar-refractivity contribution in [2.75, 3.05) is 10.8 Å². The minimum atomic E-state index is -3.98. The van der Waals surface area contributed by atoms with Crippen molar-refractivity contribution >= 4 is 27.2 Å². The number of carbonyl (C=O) groups excluding carboxylic acids is 1. The summed E-state index contributed by atoms with van der Waals surface area (Å²) in [5, 5.41) is 10.9. The lowest BCUT2D eigenvalue weighted by Crippen LogP contribution is -2.37. The van der Waals surface area contributed by atoms with E-state index in [-0.39, 0.29) is 29.3 Å². The number of fused-ring (bicyclic) bond motifs is 1. The summed E-state index contributed by atoms with van der Waals surface area (Å²) in [5.74, 6) is -0.119. The number of ketones is 1. The molecular weight excluding hydrogens is 320 g/mol. The minimum absolute atomic E-state index is 0.0148. The van der Waals surface area contributed by atoms with Crippen molar-refractivity contribution in [3.8, 4) is 0 Å². The second-order valence-electron chi connectivity index (χ2n) is 5.02. The molecule has 0 aromatic heterocycles. The van der Waals surface area contributed by atoms with Gasteiger partial charge in [-0.2, -0.15) is 0 Å². The first-order valence-corrected chi connectivity index (χ1v) is 8.25. The lowest BCUT2D eigenvalue weighted by atomic mass is 10.0. The summed E-state index contributed by atoms with van der Waals surface area (Å²) in [6.45, 7) is 0.0148. The monoisotopic (exact) mass is 332 g/mol. The number of nitrogens with zero attached hydrogens (tertiary/aromatic N) is 2. The van der Waals surface area contributed by atoms with Crippen LogP contribution in [0.15, 0.2) is 53.4 Å². The third-order valence-corrected chi connectivity index (χ3v) is 5.44. The van der Waals surface area contributed by atoms with Gasteiger partial charge in [-0.1, -0.05) is 18.2 Å². The lowest BCUT2D eigenvalue weighted by molar-refractivity contribution is -0.385. The van der Waals surface area contributed by atoms with Crippen molar-refractivity contribution in [3.05, 3.63) is 64.2 Å². The second kappa shape index (κ2) is 5.47. The molecule has 2 aromatic rings. The van der Waals surface area contributed by atoms with Crippen LogP contribution in [0.25, 0.3) is 0 Å². The van der Waals surface area contributed by atoms with Gasteiger partial charge in [0, 0.05) is 30.7 Å². The Bertz CT molecular complexity index is 908. The fourth-order valence-electron chi connectivity index (χ4n) is 2.52. The Labute approximate surface area is 132 Å². The molecule has 118 valence electrons. The van der Waals surface area contributed by atoms with E-state index in [0.717, 1.165) is 10.4 Å². The van der Waals surface area contributed by atoms with E-state index < -0.39 is 14.9 Å². The van der Waals surface area contributed by atoms with Gasteiger partial charge in [-0.05, 0) is 18.2 Å². The molecule has 1 aliphatic heterocycles. The molecule has 0 saturated carbocycles. The van der Waals surface area contributed by atoms with Crippen LogP contribution in [0.4, 0.5) is 11.4 Å². The summed E-state index contributed by atoms with van der Waals surface area (Å²) in [6.07, 6.45) is 0.0746. The number of rotatable bonds is 3. The average molecular weight is 332 g/mol. The number of nitro benzene ring substituents is 1. The van der Waals surface area contributed by atoms with Crippen LogP contribution in [0.5, 0.6) is 0 Å². The Balaban J connectivity index is 2.11. The molecule has 0 radical (unpaired) electrons. The predicted molar refractivity (Wildman–Crippen MR) is 83.0 cm³/mol. The van der Waals surface area contributed by atoms with Crippen molar-refractivity contribution in [2.24, 2.45) is 0 Å². The second-order valence-corrected chi connectivity index (χ2v) is 6.88. The van der Waals surface area contributed by atoms with Crippen molar-refractivity contribution in [1.82, 2.24) is 0 Å². The van der Waals surface area contributed by atoms with Crippen LogP contribution < -0.4 is 4.31 Å². The molecular formula is C15H12N2O5S. The van der Waals surface area contributed by atoms with E-state index in [1.54, 1.807) is 24.3 Å². The fraction of sp³-hybridized carbons (Fsp3) is 0.133. The molecule has 0 bridgehead atoms. The molecule has 2 aromatic carbocycles. The number of nitro groups is 1. The molecule has 1 heterocycles. The number of sulfonamides is 1. The average Bonchev–Trinajstić information content (AvgIpc) is 2.55. The fourth-order valence-corrected chi connectivity index (χ4v) is 4.04. The Morgan fingerprint density at radius 3 is 2.57 bits per heavy atom. The van der Waals surface area contributed by atoms with Gasteiger partial charge >= 0.3 is 0 Å². The summed E-state index contributed by atoms with van der Waals surface area (Å²) in [4.78, 5) is 22.0. The van der Waals surface area contributed by atoms with E-state index in [0.29, 0.717) is 11.3 Å². The first-order chi connectivity index (χ1) is 10.9. The zero-order chi connectivity index (χ0) is 16.6. The normalized spacial score (nSPS) is 14.4. The molecule has 8 heteroatoms. The molecule has 0 unspecified atom stereocenters. The highest BCUT2D eigenvalue weighted by Gasteiger charge is 2.32. The number of Topliss-reactive ketones (excluding diaryl/α,β-unsaturated/α-hetero) is 1. The Hall–Kier alpha value is -2.74. The summed E-state index contributed by atoms with van der Waals surface area (Å²) in [7, 11) is -3.98. The van der Waals surface area contributed by atoms with Gasteiger partial charge in [-0.15, -0.1) is 0 Å². The van der Waals surface area contributed by atoms with Crippen molar-refractivity contribution < 1.29 is 18.1 Å². The van der Waals surface area contributed by atoms with Gasteiger partial charge in [0.1, 0.15) is 0 Å². The highest BCUT2D eigenvalue weighted by molar-refractivity contribution is 7.92. The molecule has 3 rings (SSSR count). The maximum Gasteiger partial charge on any atom is 0.270 e. The molecule has 0 N–H and O–H groups in total. The van der Waals surface area contributed by atoms with Gasteiger partial charge in [-0.3, -0.25) is 19.2 Å². The first-order valence-electron chi connectivity index (χ1n) is 6.81. The van der Waals surface area contributed by atoms with Crippen LogP contribution >= 0.6 is 0 Å². The summed E-state index contributed by atoms with van der Waals surface area (Å²) in [6, 6.07) is 11.3. The molecule has 7 nitrogen and oxygen atoms in total. The van der Waals surface area contributed by atoms with Crippen molar-refractivity contribution in [2.45, 2.75) is 11.3 Å². The molecule has 0 amide bonds. The van der Waals surface area contributed by atoms with Crippen molar-refractivity contribution in [3.63, 3.8) is 0 Å². The number of hydrogen-bond donors (Lipinski definition) is 0. The van der Waals surface area contributed by atoms with Crippen LogP contribution in [0.1, 0.15) is 16.8 Å². The topological polar surface area (TPSA) is 97.6 Å². The van der Waals surface area contributed by atoms with E-state index in [2.05, 4.69) is 0 Å². The molecule has 0 spiro atoms. The van der Waals surface area contributed by atoms with Crippen LogP contribution in [0, 0.1) is 10.1 Å². The van der Waals surface area contributed by atoms with Crippen LogP contribution in [-0.2, 0) is 10.0 Å². The van der Waals surface area contributed by atoms with E-state index in [4.69, 9.17) is 0 Å². The third kappa shape index (κ3) is 2.57. The molecule has 0 fully saturated rings. The maximum atomic E-state index is 12.8. The van der Waals surface area contributed by atoms with Gasteiger partial charge in [0.2, 0.25) is 0 Å². The smallest absolute Gasteiger partial charge is 0.270 e. The Morgan fingerprint density at radius 1 is 1.09 bits per heavy atom. The molecule has 0 atom stereocenters.